The highest BCUT2D eigenvalue weighted by Gasteiger charge is 2.14. The second-order valence-corrected chi connectivity index (χ2v) is 8.21. The third-order valence-corrected chi connectivity index (χ3v) is 5.91. The highest BCUT2D eigenvalue weighted by atomic mass is 15.1. The van der Waals surface area contributed by atoms with Gasteiger partial charge in [0.1, 0.15) is 0 Å². The van der Waals surface area contributed by atoms with E-state index in [0.29, 0.717) is 6.04 Å². The van der Waals surface area contributed by atoms with E-state index in [4.69, 9.17) is 0 Å². The Hall–Kier alpha value is -3.78. The standard InChI is InChI=1S/C30H28N2/c1-4-11-24(12-5-1)25-13-10-18-30(23-25)32(28-16-8-3-9-17-28)29-21-19-27(20-22-29)31-26-14-6-2-7-15-26/h2-4,6-14,16-23,26,31H,1,5,15H2. The average molecular weight is 417 g/mol. The largest absolute Gasteiger partial charge is 0.379 e. The smallest absolute Gasteiger partial charge is 0.0482 e. The van der Waals surface area contributed by atoms with Gasteiger partial charge in [-0.05, 0) is 78.9 Å². The van der Waals surface area contributed by atoms with Crippen molar-refractivity contribution in [2.45, 2.75) is 25.3 Å². The van der Waals surface area contributed by atoms with E-state index in [1.54, 1.807) is 0 Å². The van der Waals surface area contributed by atoms with Crippen LogP contribution in [0.15, 0.2) is 121 Å². The number of para-hydroxylation sites is 1. The van der Waals surface area contributed by atoms with E-state index in [-0.39, 0.29) is 0 Å². The van der Waals surface area contributed by atoms with Crippen molar-refractivity contribution in [2.75, 3.05) is 10.2 Å². The maximum absolute atomic E-state index is 3.61. The van der Waals surface area contributed by atoms with Crippen molar-refractivity contribution < 1.29 is 0 Å². The Morgan fingerprint density at radius 2 is 1.53 bits per heavy atom. The van der Waals surface area contributed by atoms with Crippen molar-refractivity contribution in [3.8, 4) is 0 Å². The van der Waals surface area contributed by atoms with E-state index in [1.807, 2.05) is 0 Å². The van der Waals surface area contributed by atoms with E-state index in [1.165, 1.54) is 11.1 Å². The summed E-state index contributed by atoms with van der Waals surface area (Å²) in [7, 11) is 0. The zero-order valence-corrected chi connectivity index (χ0v) is 18.2. The first-order chi connectivity index (χ1) is 15.9. The molecular weight excluding hydrogens is 388 g/mol. The Balaban J connectivity index is 1.47. The number of rotatable bonds is 6. The molecule has 0 saturated heterocycles. The Kier molecular flexibility index (Phi) is 6.02. The van der Waals surface area contributed by atoms with Crippen LogP contribution >= 0.6 is 0 Å². The fraction of sp³-hybridized carbons (Fsp3) is 0.133. The van der Waals surface area contributed by atoms with Crippen molar-refractivity contribution in [3.05, 3.63) is 127 Å². The first-order valence-corrected chi connectivity index (χ1v) is 11.4. The summed E-state index contributed by atoms with van der Waals surface area (Å²) >= 11 is 0. The van der Waals surface area contributed by atoms with Crippen LogP contribution in [0.25, 0.3) is 5.57 Å². The van der Waals surface area contributed by atoms with Crippen molar-refractivity contribution in [1.29, 1.82) is 0 Å². The van der Waals surface area contributed by atoms with Gasteiger partial charge in [0.15, 0.2) is 0 Å². The summed E-state index contributed by atoms with van der Waals surface area (Å²) in [4.78, 5) is 2.32. The van der Waals surface area contributed by atoms with Gasteiger partial charge in [-0.3, -0.25) is 0 Å². The van der Waals surface area contributed by atoms with Gasteiger partial charge in [-0.1, -0.05) is 72.9 Å². The lowest BCUT2D eigenvalue weighted by atomic mass is 9.99. The quantitative estimate of drug-likeness (QED) is 0.436. The van der Waals surface area contributed by atoms with Crippen LogP contribution < -0.4 is 10.2 Å². The third kappa shape index (κ3) is 4.60. The molecule has 1 unspecified atom stereocenters. The number of anilines is 4. The maximum Gasteiger partial charge on any atom is 0.0482 e. The van der Waals surface area contributed by atoms with Crippen LogP contribution in [0.3, 0.4) is 0 Å². The molecule has 0 aromatic heterocycles. The number of nitrogens with zero attached hydrogens (tertiary/aromatic N) is 1. The number of benzene rings is 3. The summed E-state index contributed by atoms with van der Waals surface area (Å²) in [6.07, 6.45) is 18.7. The summed E-state index contributed by atoms with van der Waals surface area (Å²) in [5.41, 5.74) is 7.16. The average Bonchev–Trinajstić information content (AvgIpc) is 2.87. The molecule has 158 valence electrons. The highest BCUT2D eigenvalue weighted by molar-refractivity contribution is 5.82. The molecule has 2 heteroatoms. The van der Waals surface area contributed by atoms with Crippen LogP contribution in [0.4, 0.5) is 22.7 Å². The van der Waals surface area contributed by atoms with Gasteiger partial charge in [0, 0.05) is 28.8 Å². The Bertz CT molecular complexity index is 1170. The van der Waals surface area contributed by atoms with E-state index in [2.05, 4.69) is 132 Å². The van der Waals surface area contributed by atoms with Crippen LogP contribution in [0.5, 0.6) is 0 Å². The molecule has 0 saturated carbocycles. The van der Waals surface area contributed by atoms with Crippen molar-refractivity contribution in [2.24, 2.45) is 0 Å². The van der Waals surface area contributed by atoms with Gasteiger partial charge in [-0.25, -0.2) is 0 Å². The van der Waals surface area contributed by atoms with Crippen LogP contribution in [0, 0.1) is 0 Å². The van der Waals surface area contributed by atoms with Crippen LogP contribution in [-0.2, 0) is 0 Å². The minimum Gasteiger partial charge on any atom is -0.379 e. The fourth-order valence-corrected chi connectivity index (χ4v) is 4.28. The van der Waals surface area contributed by atoms with E-state index >= 15 is 0 Å². The third-order valence-electron chi connectivity index (χ3n) is 5.91. The number of hydrogen-bond donors (Lipinski definition) is 1. The zero-order valence-electron chi connectivity index (χ0n) is 18.2. The summed E-state index contributed by atoms with van der Waals surface area (Å²) in [6, 6.07) is 28.5. The molecule has 2 aliphatic rings. The molecule has 0 spiro atoms. The molecule has 1 N–H and O–H groups in total. The second-order valence-electron chi connectivity index (χ2n) is 8.21. The van der Waals surface area contributed by atoms with E-state index in [9.17, 15) is 0 Å². The van der Waals surface area contributed by atoms with Gasteiger partial charge < -0.3 is 10.2 Å². The van der Waals surface area contributed by atoms with Gasteiger partial charge in [0.2, 0.25) is 0 Å². The van der Waals surface area contributed by atoms with Crippen LogP contribution in [0.2, 0.25) is 0 Å². The predicted octanol–water partition coefficient (Wildman–Crippen LogP) is 8.19. The topological polar surface area (TPSA) is 15.3 Å². The van der Waals surface area contributed by atoms with E-state index < -0.39 is 0 Å². The molecule has 0 fully saturated rings. The van der Waals surface area contributed by atoms with Crippen LogP contribution in [-0.4, -0.2) is 6.04 Å². The zero-order chi connectivity index (χ0) is 21.6. The molecule has 3 aromatic carbocycles. The molecule has 0 heterocycles. The lowest BCUT2D eigenvalue weighted by Gasteiger charge is -2.26. The predicted molar refractivity (Wildman–Crippen MR) is 138 cm³/mol. The molecular formula is C30H28N2. The van der Waals surface area contributed by atoms with Crippen molar-refractivity contribution in [1.82, 2.24) is 0 Å². The Morgan fingerprint density at radius 1 is 0.719 bits per heavy atom. The molecule has 5 rings (SSSR count). The fourth-order valence-electron chi connectivity index (χ4n) is 4.28. The second kappa shape index (κ2) is 9.57. The Morgan fingerprint density at radius 3 is 2.28 bits per heavy atom. The molecule has 2 aliphatic carbocycles. The Labute approximate surface area is 190 Å². The van der Waals surface area contributed by atoms with Gasteiger partial charge in [-0.2, -0.15) is 0 Å². The normalized spacial score (nSPS) is 17.1. The summed E-state index contributed by atoms with van der Waals surface area (Å²) in [6.45, 7) is 0. The van der Waals surface area contributed by atoms with Gasteiger partial charge in [-0.15, -0.1) is 0 Å². The monoisotopic (exact) mass is 416 g/mol. The van der Waals surface area contributed by atoms with E-state index in [0.717, 1.165) is 42.0 Å². The van der Waals surface area contributed by atoms with Gasteiger partial charge >= 0.3 is 0 Å². The molecule has 0 aliphatic heterocycles. The van der Waals surface area contributed by atoms with Gasteiger partial charge in [0.05, 0.1) is 0 Å². The number of allylic oxidation sites excluding steroid dienone is 6. The van der Waals surface area contributed by atoms with Crippen molar-refractivity contribution in [3.63, 3.8) is 0 Å². The molecule has 0 bridgehead atoms. The van der Waals surface area contributed by atoms with Crippen molar-refractivity contribution >= 4 is 28.3 Å². The molecule has 32 heavy (non-hydrogen) atoms. The minimum absolute atomic E-state index is 0.351. The summed E-state index contributed by atoms with van der Waals surface area (Å²) < 4.78 is 0. The lowest BCUT2D eigenvalue weighted by molar-refractivity contribution is 0.883. The lowest BCUT2D eigenvalue weighted by Crippen LogP contribution is -2.17. The molecule has 3 aromatic rings. The summed E-state index contributed by atoms with van der Waals surface area (Å²) in [5, 5.41) is 3.61. The first-order valence-electron chi connectivity index (χ1n) is 11.4. The molecule has 0 amide bonds. The molecule has 0 radical (unpaired) electrons. The minimum atomic E-state index is 0.351. The summed E-state index contributed by atoms with van der Waals surface area (Å²) in [5.74, 6) is 0. The molecule has 2 nitrogen and oxygen atoms in total. The number of nitrogens with one attached hydrogen (secondary N) is 1. The van der Waals surface area contributed by atoms with Gasteiger partial charge in [0.25, 0.3) is 0 Å². The first kappa shape index (κ1) is 20.1. The molecule has 1 atom stereocenters. The SMILES string of the molecule is C1=CCC(Nc2ccc(N(c3ccccc3)c3cccc(C4=CCCC=C4)c3)cc2)C=C1. The number of hydrogen-bond acceptors (Lipinski definition) is 2. The maximum atomic E-state index is 3.61. The van der Waals surface area contributed by atoms with Crippen LogP contribution in [0.1, 0.15) is 24.8 Å². The highest BCUT2D eigenvalue weighted by Crippen LogP contribution is 2.36.